The number of benzene rings is 1. The van der Waals surface area contributed by atoms with Gasteiger partial charge in [-0.15, -0.1) is 11.3 Å². The summed E-state index contributed by atoms with van der Waals surface area (Å²) in [5.41, 5.74) is 0.605. The fourth-order valence-electron chi connectivity index (χ4n) is 2.06. The Hall–Kier alpha value is -2.78. The zero-order chi connectivity index (χ0) is 18.1. The van der Waals surface area contributed by atoms with Crippen LogP contribution in [0.25, 0.3) is 6.08 Å². The molecule has 6 heteroatoms. The molecule has 1 aromatic carbocycles. The molecular weight excluding hydrogens is 338 g/mol. The summed E-state index contributed by atoms with van der Waals surface area (Å²) < 4.78 is 16.3. The Bertz CT molecular complexity index is 775. The molecule has 130 valence electrons. The molecule has 0 unspecified atom stereocenters. The van der Waals surface area contributed by atoms with Crippen molar-refractivity contribution in [3.8, 4) is 17.6 Å². The molecule has 0 aliphatic rings. The van der Waals surface area contributed by atoms with Crippen LogP contribution in [0.1, 0.15) is 24.3 Å². The SMILES string of the molecule is CCOC(=O)/C(C#N)=C/c1ccc(OCc2cccs2)c(OCC)c1. The highest BCUT2D eigenvalue weighted by molar-refractivity contribution is 7.09. The second kappa shape index (κ2) is 9.50. The van der Waals surface area contributed by atoms with Gasteiger partial charge in [0.25, 0.3) is 0 Å². The predicted molar refractivity (Wildman–Crippen MR) is 96.5 cm³/mol. The van der Waals surface area contributed by atoms with E-state index in [0.29, 0.717) is 30.3 Å². The van der Waals surface area contributed by atoms with Gasteiger partial charge in [0.2, 0.25) is 0 Å². The fourth-order valence-corrected chi connectivity index (χ4v) is 2.67. The maximum atomic E-state index is 11.7. The van der Waals surface area contributed by atoms with E-state index in [1.54, 1.807) is 36.5 Å². The molecule has 5 nitrogen and oxygen atoms in total. The van der Waals surface area contributed by atoms with Crippen molar-refractivity contribution in [3.05, 3.63) is 51.7 Å². The number of carbonyl (C=O) groups is 1. The van der Waals surface area contributed by atoms with Crippen molar-refractivity contribution in [2.75, 3.05) is 13.2 Å². The van der Waals surface area contributed by atoms with Gasteiger partial charge in [-0.2, -0.15) is 5.26 Å². The minimum absolute atomic E-state index is 0.0587. The smallest absolute Gasteiger partial charge is 0.348 e. The van der Waals surface area contributed by atoms with Crippen LogP contribution < -0.4 is 9.47 Å². The van der Waals surface area contributed by atoms with E-state index in [9.17, 15) is 4.79 Å². The molecule has 0 aliphatic carbocycles. The summed E-state index contributed by atoms with van der Waals surface area (Å²) in [7, 11) is 0. The van der Waals surface area contributed by atoms with Gasteiger partial charge in [0.1, 0.15) is 18.2 Å². The molecule has 0 atom stereocenters. The second-order valence-corrected chi connectivity index (χ2v) is 5.93. The number of nitriles is 1. The van der Waals surface area contributed by atoms with Crippen molar-refractivity contribution < 1.29 is 19.0 Å². The Morgan fingerprint density at radius 2 is 2.04 bits per heavy atom. The van der Waals surface area contributed by atoms with E-state index in [0.717, 1.165) is 4.88 Å². The van der Waals surface area contributed by atoms with Crippen LogP contribution in [-0.2, 0) is 16.1 Å². The zero-order valence-corrected chi connectivity index (χ0v) is 15.0. The van der Waals surface area contributed by atoms with E-state index in [-0.39, 0.29) is 12.2 Å². The van der Waals surface area contributed by atoms with Gasteiger partial charge in [0, 0.05) is 4.88 Å². The number of nitrogens with zero attached hydrogens (tertiary/aromatic N) is 1. The summed E-state index contributed by atoms with van der Waals surface area (Å²) in [5.74, 6) is 0.539. The number of thiophene rings is 1. The van der Waals surface area contributed by atoms with Gasteiger partial charge in [-0.3, -0.25) is 0 Å². The Balaban J connectivity index is 2.22. The van der Waals surface area contributed by atoms with Crippen LogP contribution in [0.5, 0.6) is 11.5 Å². The molecule has 0 spiro atoms. The fraction of sp³-hybridized carbons (Fsp3) is 0.263. The van der Waals surface area contributed by atoms with Crippen LogP contribution in [-0.4, -0.2) is 19.2 Å². The first kappa shape index (κ1) is 18.6. The maximum Gasteiger partial charge on any atom is 0.348 e. The summed E-state index contributed by atoms with van der Waals surface area (Å²) in [4.78, 5) is 12.8. The third-order valence-corrected chi connectivity index (χ3v) is 3.99. The topological polar surface area (TPSA) is 68.6 Å². The van der Waals surface area contributed by atoms with Crippen LogP contribution in [0, 0.1) is 11.3 Å². The lowest BCUT2D eigenvalue weighted by Crippen LogP contribution is -2.06. The standard InChI is InChI=1S/C19H19NO4S/c1-3-22-18-11-14(10-15(12-20)19(21)23-4-2)7-8-17(18)24-13-16-6-5-9-25-16/h5-11H,3-4,13H2,1-2H3/b15-10+. The average molecular weight is 357 g/mol. The van der Waals surface area contributed by atoms with Crippen molar-refractivity contribution in [3.63, 3.8) is 0 Å². The molecular formula is C19H19NO4S. The second-order valence-electron chi connectivity index (χ2n) is 4.90. The van der Waals surface area contributed by atoms with Crippen LogP contribution in [0.2, 0.25) is 0 Å². The van der Waals surface area contributed by atoms with E-state index in [2.05, 4.69) is 0 Å². The predicted octanol–water partition coefficient (Wildman–Crippen LogP) is 4.20. The monoisotopic (exact) mass is 357 g/mol. The lowest BCUT2D eigenvalue weighted by Gasteiger charge is -2.12. The lowest BCUT2D eigenvalue weighted by atomic mass is 10.1. The van der Waals surface area contributed by atoms with Crippen LogP contribution in [0.4, 0.5) is 0 Å². The number of hydrogen-bond donors (Lipinski definition) is 0. The average Bonchev–Trinajstić information content (AvgIpc) is 3.13. The third-order valence-electron chi connectivity index (χ3n) is 3.14. The highest BCUT2D eigenvalue weighted by atomic mass is 32.1. The number of esters is 1. The van der Waals surface area contributed by atoms with Gasteiger partial charge in [-0.05, 0) is 49.1 Å². The van der Waals surface area contributed by atoms with Crippen LogP contribution in [0.3, 0.4) is 0 Å². The molecule has 0 fully saturated rings. The van der Waals surface area contributed by atoms with E-state index < -0.39 is 5.97 Å². The molecule has 0 aliphatic heterocycles. The number of carbonyl (C=O) groups excluding carboxylic acids is 1. The molecule has 0 saturated carbocycles. The van der Waals surface area contributed by atoms with E-state index in [1.807, 2.05) is 30.5 Å². The Morgan fingerprint density at radius 3 is 2.68 bits per heavy atom. The number of ether oxygens (including phenoxy) is 3. The van der Waals surface area contributed by atoms with Gasteiger partial charge in [-0.1, -0.05) is 12.1 Å². The Kier molecular flexibility index (Phi) is 7.05. The summed E-state index contributed by atoms with van der Waals surface area (Å²) in [6.45, 7) is 4.73. The molecule has 25 heavy (non-hydrogen) atoms. The lowest BCUT2D eigenvalue weighted by molar-refractivity contribution is -0.137. The maximum absolute atomic E-state index is 11.7. The highest BCUT2D eigenvalue weighted by Gasteiger charge is 2.12. The summed E-state index contributed by atoms with van der Waals surface area (Å²) in [6, 6.07) is 11.1. The first-order valence-electron chi connectivity index (χ1n) is 7.88. The normalized spacial score (nSPS) is 10.8. The van der Waals surface area contributed by atoms with Gasteiger partial charge in [-0.25, -0.2) is 4.79 Å². The van der Waals surface area contributed by atoms with Crippen molar-refractivity contribution in [1.29, 1.82) is 5.26 Å². The zero-order valence-electron chi connectivity index (χ0n) is 14.2. The van der Waals surface area contributed by atoms with Gasteiger partial charge < -0.3 is 14.2 Å². The quantitative estimate of drug-likeness (QED) is 0.402. The van der Waals surface area contributed by atoms with Crippen LogP contribution >= 0.6 is 11.3 Å². The Labute approximate surface area is 151 Å². The largest absolute Gasteiger partial charge is 0.490 e. The highest BCUT2D eigenvalue weighted by Crippen LogP contribution is 2.30. The summed E-state index contributed by atoms with van der Waals surface area (Å²) in [6.07, 6.45) is 1.48. The molecule has 0 N–H and O–H groups in total. The van der Waals surface area contributed by atoms with Gasteiger partial charge in [0.15, 0.2) is 11.5 Å². The molecule has 1 aromatic heterocycles. The molecule has 0 saturated heterocycles. The number of hydrogen-bond acceptors (Lipinski definition) is 6. The van der Waals surface area contributed by atoms with E-state index in [1.165, 1.54) is 6.08 Å². The minimum atomic E-state index is -0.638. The Morgan fingerprint density at radius 1 is 1.20 bits per heavy atom. The molecule has 1 heterocycles. The minimum Gasteiger partial charge on any atom is -0.490 e. The van der Waals surface area contributed by atoms with Gasteiger partial charge in [0.05, 0.1) is 13.2 Å². The molecule has 0 radical (unpaired) electrons. The summed E-state index contributed by atoms with van der Waals surface area (Å²) in [5, 5.41) is 11.1. The molecule has 0 amide bonds. The van der Waals surface area contributed by atoms with Gasteiger partial charge >= 0.3 is 5.97 Å². The number of rotatable bonds is 8. The molecule has 0 bridgehead atoms. The first-order valence-corrected chi connectivity index (χ1v) is 8.76. The summed E-state index contributed by atoms with van der Waals surface area (Å²) >= 11 is 1.62. The van der Waals surface area contributed by atoms with E-state index >= 15 is 0 Å². The van der Waals surface area contributed by atoms with Crippen LogP contribution in [0.15, 0.2) is 41.3 Å². The molecule has 2 aromatic rings. The van der Waals surface area contributed by atoms with Crippen molar-refractivity contribution in [2.24, 2.45) is 0 Å². The van der Waals surface area contributed by atoms with Crippen molar-refractivity contribution >= 4 is 23.4 Å². The first-order chi connectivity index (χ1) is 12.2. The van der Waals surface area contributed by atoms with Crippen molar-refractivity contribution in [1.82, 2.24) is 0 Å². The van der Waals surface area contributed by atoms with Crippen molar-refractivity contribution in [2.45, 2.75) is 20.5 Å². The third kappa shape index (κ3) is 5.37. The molecule has 2 rings (SSSR count). The van der Waals surface area contributed by atoms with E-state index in [4.69, 9.17) is 19.5 Å².